The highest BCUT2D eigenvalue weighted by atomic mass is 32.2. The van der Waals surface area contributed by atoms with Gasteiger partial charge in [0.05, 0.1) is 22.3 Å². The third-order valence-corrected chi connectivity index (χ3v) is 8.34. The third kappa shape index (κ3) is 8.87. The number of rotatable bonds is 11. The molecule has 10 heteroatoms. The summed E-state index contributed by atoms with van der Waals surface area (Å²) in [6.07, 6.45) is -5.03. The van der Waals surface area contributed by atoms with Gasteiger partial charge < -0.3 is 23.7 Å². The molecule has 242 valence electrons. The van der Waals surface area contributed by atoms with Crippen molar-refractivity contribution in [2.24, 2.45) is 0 Å². The average Bonchev–Trinajstić information content (AvgIpc) is 3.10. The van der Waals surface area contributed by atoms with Crippen LogP contribution in [0.2, 0.25) is 0 Å². The van der Waals surface area contributed by atoms with Crippen LogP contribution in [0.1, 0.15) is 55.3 Å². The first-order chi connectivity index (χ1) is 22.8. The summed E-state index contributed by atoms with van der Waals surface area (Å²) in [7, 11) is 0. The number of benzene rings is 4. The number of thioether (sulfide) groups is 1. The molecule has 0 N–H and O–H groups in total. The molecule has 0 bridgehead atoms. The van der Waals surface area contributed by atoms with Crippen LogP contribution < -0.4 is 0 Å². The summed E-state index contributed by atoms with van der Waals surface area (Å²) >= 11 is 1.33. The molecule has 5 rings (SSSR count). The van der Waals surface area contributed by atoms with E-state index in [0.717, 1.165) is 0 Å². The number of carbonyl (C=O) groups is 4. The van der Waals surface area contributed by atoms with Crippen LogP contribution in [0.4, 0.5) is 0 Å². The minimum atomic E-state index is -1.35. The quantitative estimate of drug-likeness (QED) is 0.133. The Morgan fingerprint density at radius 2 is 0.915 bits per heavy atom. The van der Waals surface area contributed by atoms with Crippen LogP contribution in [0, 0.1) is 0 Å². The highest BCUT2D eigenvalue weighted by Gasteiger charge is 2.53. The fourth-order valence-electron chi connectivity index (χ4n) is 4.91. The van der Waals surface area contributed by atoms with Crippen LogP contribution >= 0.6 is 11.8 Å². The third-order valence-electron chi connectivity index (χ3n) is 7.14. The smallest absolute Gasteiger partial charge is 0.338 e. The molecule has 47 heavy (non-hydrogen) atoms. The highest BCUT2D eigenvalue weighted by Crippen LogP contribution is 2.37. The Morgan fingerprint density at radius 3 is 1.32 bits per heavy atom. The van der Waals surface area contributed by atoms with E-state index in [2.05, 4.69) is 0 Å². The maximum Gasteiger partial charge on any atom is 0.338 e. The van der Waals surface area contributed by atoms with Gasteiger partial charge in [0, 0.05) is 5.25 Å². The van der Waals surface area contributed by atoms with Gasteiger partial charge >= 0.3 is 23.9 Å². The van der Waals surface area contributed by atoms with E-state index in [1.54, 1.807) is 121 Å². The van der Waals surface area contributed by atoms with Gasteiger partial charge in [-0.25, -0.2) is 19.2 Å². The van der Waals surface area contributed by atoms with Gasteiger partial charge in [-0.15, -0.1) is 11.8 Å². The average molecular weight is 655 g/mol. The molecule has 0 radical (unpaired) electrons. The standard InChI is InChI=1S/C37H34O9S/c1-24(2)47-37-32(46-36(41)28-21-13-6-14-22-28)31(45-35(40)27-19-11-5-12-20-27)30(44-34(39)26-17-9-4-10-18-26)29(43-37)23-42-33(38)25-15-7-3-8-16-25/h3-22,24,29-32,37H,23H2,1-2H3. The van der Waals surface area contributed by atoms with Crippen molar-refractivity contribution in [3.8, 4) is 0 Å². The maximum atomic E-state index is 13.6. The van der Waals surface area contributed by atoms with Crippen molar-refractivity contribution in [3.63, 3.8) is 0 Å². The molecule has 0 spiro atoms. The zero-order chi connectivity index (χ0) is 33.2. The van der Waals surface area contributed by atoms with Crippen molar-refractivity contribution in [2.45, 2.75) is 48.9 Å². The summed E-state index contributed by atoms with van der Waals surface area (Å²) in [6, 6.07) is 33.3. The second-order valence-corrected chi connectivity index (χ2v) is 12.6. The van der Waals surface area contributed by atoms with Crippen molar-refractivity contribution in [3.05, 3.63) is 144 Å². The van der Waals surface area contributed by atoms with Gasteiger partial charge in [-0.1, -0.05) is 86.6 Å². The number of esters is 4. The lowest BCUT2D eigenvalue weighted by Gasteiger charge is -2.44. The number of hydrogen-bond acceptors (Lipinski definition) is 10. The van der Waals surface area contributed by atoms with Crippen molar-refractivity contribution in [1.29, 1.82) is 0 Å². The van der Waals surface area contributed by atoms with Crippen molar-refractivity contribution in [2.75, 3.05) is 6.61 Å². The summed E-state index contributed by atoms with van der Waals surface area (Å²) in [5.41, 5.74) is 0.155. The van der Waals surface area contributed by atoms with E-state index >= 15 is 0 Å². The number of carbonyl (C=O) groups excluding carboxylic acids is 4. The largest absolute Gasteiger partial charge is 0.459 e. The van der Waals surface area contributed by atoms with E-state index in [-0.39, 0.29) is 28.5 Å². The first-order valence-electron chi connectivity index (χ1n) is 15.1. The van der Waals surface area contributed by atoms with E-state index in [0.29, 0.717) is 5.56 Å². The molecular weight excluding hydrogens is 620 g/mol. The summed E-state index contributed by atoms with van der Waals surface area (Å²) in [4.78, 5) is 53.5. The van der Waals surface area contributed by atoms with Gasteiger partial charge in [0.1, 0.15) is 18.1 Å². The molecule has 0 amide bonds. The zero-order valence-corrected chi connectivity index (χ0v) is 26.6. The number of hydrogen-bond donors (Lipinski definition) is 0. The van der Waals surface area contributed by atoms with Crippen molar-refractivity contribution in [1.82, 2.24) is 0 Å². The minimum Gasteiger partial charge on any atom is -0.459 e. The van der Waals surface area contributed by atoms with Crippen molar-refractivity contribution >= 4 is 35.6 Å². The Balaban J connectivity index is 1.54. The Morgan fingerprint density at radius 1 is 0.553 bits per heavy atom. The van der Waals surface area contributed by atoms with Crippen LogP contribution in [0.3, 0.4) is 0 Å². The molecule has 5 atom stereocenters. The monoisotopic (exact) mass is 654 g/mol. The first-order valence-corrected chi connectivity index (χ1v) is 16.1. The van der Waals surface area contributed by atoms with Gasteiger partial charge in [-0.2, -0.15) is 0 Å². The molecule has 0 aromatic heterocycles. The molecule has 0 saturated carbocycles. The molecule has 1 saturated heterocycles. The van der Waals surface area contributed by atoms with Crippen LogP contribution in [-0.4, -0.2) is 65.6 Å². The molecule has 1 aliphatic heterocycles. The van der Waals surface area contributed by atoms with E-state index in [1.807, 2.05) is 13.8 Å². The van der Waals surface area contributed by atoms with Gasteiger partial charge in [-0.3, -0.25) is 0 Å². The summed E-state index contributed by atoms with van der Waals surface area (Å²) in [5.74, 6) is -2.77. The Bertz CT molecular complexity index is 1630. The molecule has 4 aromatic rings. The molecule has 9 nitrogen and oxygen atoms in total. The molecule has 4 aromatic carbocycles. The molecule has 1 aliphatic rings. The van der Waals surface area contributed by atoms with E-state index in [1.165, 1.54) is 11.8 Å². The van der Waals surface area contributed by atoms with E-state index in [9.17, 15) is 19.2 Å². The first kappa shape index (κ1) is 33.4. The van der Waals surface area contributed by atoms with E-state index < -0.39 is 53.7 Å². The fourth-order valence-corrected chi connectivity index (χ4v) is 6.01. The Labute approximate surface area is 277 Å². The van der Waals surface area contributed by atoms with Gasteiger partial charge in [-0.05, 0) is 48.5 Å². The normalized spacial score (nSPS) is 20.5. The summed E-state index contributed by atoms with van der Waals surface area (Å²) in [5, 5.41) is -0.0284. The zero-order valence-electron chi connectivity index (χ0n) is 25.8. The second kappa shape index (κ2) is 16.1. The lowest BCUT2D eigenvalue weighted by molar-refractivity contribution is -0.207. The maximum absolute atomic E-state index is 13.6. The van der Waals surface area contributed by atoms with Gasteiger partial charge in [0.15, 0.2) is 18.3 Å². The molecule has 0 aliphatic carbocycles. The van der Waals surface area contributed by atoms with Crippen LogP contribution in [0.15, 0.2) is 121 Å². The van der Waals surface area contributed by atoms with Crippen molar-refractivity contribution < 1.29 is 42.9 Å². The second-order valence-electron chi connectivity index (χ2n) is 10.9. The lowest BCUT2D eigenvalue weighted by Crippen LogP contribution is -2.62. The SMILES string of the molecule is CC(C)SC1OC(COC(=O)c2ccccc2)C(OC(=O)c2ccccc2)C(OC(=O)c2ccccc2)C1OC(=O)c1ccccc1. The Hall–Kier alpha value is -4.93. The molecule has 5 unspecified atom stereocenters. The van der Waals surface area contributed by atoms with Crippen LogP contribution in [0.25, 0.3) is 0 Å². The minimum absolute atomic E-state index is 0.0284. The van der Waals surface area contributed by atoms with Crippen LogP contribution in [0.5, 0.6) is 0 Å². The van der Waals surface area contributed by atoms with Crippen LogP contribution in [-0.2, 0) is 23.7 Å². The number of ether oxygens (including phenoxy) is 5. The van der Waals surface area contributed by atoms with Gasteiger partial charge in [0.2, 0.25) is 0 Å². The highest BCUT2D eigenvalue weighted by molar-refractivity contribution is 8.00. The molecule has 1 heterocycles. The molecule has 1 fully saturated rings. The summed E-state index contributed by atoms with van der Waals surface area (Å²) < 4.78 is 30.2. The summed E-state index contributed by atoms with van der Waals surface area (Å²) in [6.45, 7) is 3.51. The van der Waals surface area contributed by atoms with Gasteiger partial charge in [0.25, 0.3) is 0 Å². The lowest BCUT2D eigenvalue weighted by atomic mass is 9.98. The predicted octanol–water partition coefficient (Wildman–Crippen LogP) is 6.39. The Kier molecular flexibility index (Phi) is 11.4. The molecular formula is C37H34O9S. The fraction of sp³-hybridized carbons (Fsp3) is 0.243. The van der Waals surface area contributed by atoms with E-state index in [4.69, 9.17) is 23.7 Å². The topological polar surface area (TPSA) is 114 Å². The predicted molar refractivity (Wildman–Crippen MR) is 175 cm³/mol.